The minimum Gasteiger partial charge on any atom is -0.368 e. The molecular weight excluding hydrogens is 178 g/mol. The van der Waals surface area contributed by atoms with E-state index < -0.39 is 5.54 Å². The van der Waals surface area contributed by atoms with E-state index in [0.29, 0.717) is 11.8 Å². The fraction of sp³-hybridized carbons (Fsp3) is 0.900. The average molecular weight is 197 g/mol. The van der Waals surface area contributed by atoms with Crippen molar-refractivity contribution in [2.45, 2.75) is 31.8 Å². The second-order valence-corrected chi connectivity index (χ2v) is 5.59. The van der Waals surface area contributed by atoms with E-state index in [-0.39, 0.29) is 11.4 Å². The van der Waals surface area contributed by atoms with Crippen LogP contribution in [0.25, 0.3) is 0 Å². The standard InChI is InChI=1S/C10H19N3O/c1-9(2,3)13-4-6-7(5-13)10(6,12)8(11)14/h6-7H,4-5,12H2,1-3H3,(H2,11,14)/t6-,7?,10?/m1/s1. The maximum atomic E-state index is 11.1. The number of carbonyl (C=O) groups is 1. The highest BCUT2D eigenvalue weighted by molar-refractivity contribution is 5.89. The van der Waals surface area contributed by atoms with E-state index in [1.165, 1.54) is 0 Å². The first-order valence-corrected chi connectivity index (χ1v) is 5.11. The van der Waals surface area contributed by atoms with Gasteiger partial charge in [0.05, 0.1) is 0 Å². The molecule has 80 valence electrons. The fourth-order valence-electron chi connectivity index (χ4n) is 2.58. The lowest BCUT2D eigenvalue weighted by molar-refractivity contribution is -0.121. The van der Waals surface area contributed by atoms with Crippen molar-refractivity contribution in [1.82, 2.24) is 4.90 Å². The molecule has 1 saturated heterocycles. The molecule has 2 unspecified atom stereocenters. The van der Waals surface area contributed by atoms with Crippen molar-refractivity contribution in [3.63, 3.8) is 0 Å². The Morgan fingerprint density at radius 2 is 1.79 bits per heavy atom. The summed E-state index contributed by atoms with van der Waals surface area (Å²) in [4.78, 5) is 13.5. The normalized spacial score (nSPS) is 42.3. The lowest BCUT2D eigenvalue weighted by Gasteiger charge is -2.34. The number of fused-ring (bicyclic) bond motifs is 1. The number of primary amides is 1. The number of likely N-dealkylation sites (tertiary alicyclic amines) is 1. The lowest BCUT2D eigenvalue weighted by Crippen LogP contribution is -2.51. The third-order valence-corrected chi connectivity index (χ3v) is 3.81. The highest BCUT2D eigenvalue weighted by atomic mass is 16.1. The van der Waals surface area contributed by atoms with Gasteiger partial charge in [0, 0.05) is 30.5 Å². The van der Waals surface area contributed by atoms with Crippen LogP contribution in [0, 0.1) is 11.8 Å². The largest absolute Gasteiger partial charge is 0.368 e. The van der Waals surface area contributed by atoms with Crippen LogP contribution in [0.1, 0.15) is 20.8 Å². The molecule has 2 fully saturated rings. The minimum absolute atomic E-state index is 0.173. The Kier molecular flexibility index (Phi) is 1.77. The first-order chi connectivity index (χ1) is 6.28. The zero-order chi connectivity index (χ0) is 10.7. The van der Waals surface area contributed by atoms with Gasteiger partial charge < -0.3 is 11.5 Å². The Morgan fingerprint density at radius 3 is 2.07 bits per heavy atom. The monoisotopic (exact) mass is 197 g/mol. The zero-order valence-corrected chi connectivity index (χ0v) is 9.08. The van der Waals surface area contributed by atoms with Gasteiger partial charge in [-0.1, -0.05) is 0 Å². The van der Waals surface area contributed by atoms with E-state index in [4.69, 9.17) is 11.5 Å². The van der Waals surface area contributed by atoms with Gasteiger partial charge in [-0.05, 0) is 20.8 Å². The van der Waals surface area contributed by atoms with Gasteiger partial charge in [-0.15, -0.1) is 0 Å². The molecule has 4 heteroatoms. The second-order valence-electron chi connectivity index (χ2n) is 5.59. The van der Waals surface area contributed by atoms with Crippen molar-refractivity contribution < 1.29 is 4.79 Å². The van der Waals surface area contributed by atoms with Gasteiger partial charge in [0.15, 0.2) is 0 Å². The molecule has 4 nitrogen and oxygen atoms in total. The summed E-state index contributed by atoms with van der Waals surface area (Å²) in [6.45, 7) is 8.36. The van der Waals surface area contributed by atoms with Crippen LogP contribution in [0.5, 0.6) is 0 Å². The molecule has 1 aliphatic heterocycles. The van der Waals surface area contributed by atoms with E-state index in [1.807, 2.05) is 0 Å². The van der Waals surface area contributed by atoms with Crippen LogP contribution in [0.3, 0.4) is 0 Å². The Balaban J connectivity index is 2.03. The maximum Gasteiger partial charge on any atom is 0.238 e. The van der Waals surface area contributed by atoms with Gasteiger partial charge >= 0.3 is 0 Å². The molecule has 4 N–H and O–H groups in total. The molecule has 1 aliphatic carbocycles. The first kappa shape index (κ1) is 9.93. The smallest absolute Gasteiger partial charge is 0.238 e. The Bertz CT molecular complexity index is 270. The molecule has 0 spiro atoms. The number of hydrogen-bond donors (Lipinski definition) is 2. The second kappa shape index (κ2) is 2.49. The highest BCUT2D eigenvalue weighted by Gasteiger charge is 2.70. The first-order valence-electron chi connectivity index (χ1n) is 5.11. The number of hydrogen-bond acceptors (Lipinski definition) is 3. The summed E-state index contributed by atoms with van der Waals surface area (Å²) in [5.74, 6) is 0.250. The highest BCUT2D eigenvalue weighted by Crippen LogP contribution is 2.54. The number of nitrogens with zero attached hydrogens (tertiary/aromatic N) is 1. The molecule has 3 atom stereocenters. The molecule has 1 saturated carbocycles. The summed E-state index contributed by atoms with van der Waals surface area (Å²) in [5.41, 5.74) is 10.7. The van der Waals surface area contributed by atoms with Crippen molar-refractivity contribution in [3.05, 3.63) is 0 Å². The summed E-state index contributed by atoms with van der Waals surface area (Å²) >= 11 is 0. The van der Waals surface area contributed by atoms with E-state index in [2.05, 4.69) is 25.7 Å². The average Bonchev–Trinajstić information content (AvgIpc) is 2.46. The summed E-state index contributed by atoms with van der Waals surface area (Å²) in [6.07, 6.45) is 0. The van der Waals surface area contributed by atoms with E-state index >= 15 is 0 Å². The van der Waals surface area contributed by atoms with Gasteiger partial charge in [-0.3, -0.25) is 9.69 Å². The number of rotatable bonds is 1. The molecule has 0 aromatic heterocycles. The van der Waals surface area contributed by atoms with Crippen LogP contribution in [-0.4, -0.2) is 35.0 Å². The van der Waals surface area contributed by atoms with Gasteiger partial charge in [0.25, 0.3) is 0 Å². The summed E-state index contributed by atoms with van der Waals surface area (Å²) < 4.78 is 0. The maximum absolute atomic E-state index is 11.1. The minimum atomic E-state index is -0.693. The molecule has 0 radical (unpaired) electrons. The summed E-state index contributed by atoms with van der Waals surface area (Å²) in [6, 6.07) is 0. The van der Waals surface area contributed by atoms with E-state index in [9.17, 15) is 4.79 Å². The van der Waals surface area contributed by atoms with E-state index in [1.54, 1.807) is 0 Å². The predicted molar refractivity (Wildman–Crippen MR) is 54.4 cm³/mol. The van der Waals surface area contributed by atoms with Crippen LogP contribution in [0.15, 0.2) is 0 Å². The van der Waals surface area contributed by atoms with Gasteiger partial charge in [-0.2, -0.15) is 0 Å². The SMILES string of the molecule is CC(C)(C)N1CC2[C@@H](C1)C2(N)C(N)=O. The van der Waals surface area contributed by atoms with Gasteiger partial charge in [0.1, 0.15) is 5.54 Å². The van der Waals surface area contributed by atoms with Crippen LogP contribution >= 0.6 is 0 Å². The number of piperidine rings is 1. The fourth-order valence-corrected chi connectivity index (χ4v) is 2.58. The Labute approximate surface area is 84.6 Å². The molecule has 2 rings (SSSR count). The summed E-state index contributed by atoms with van der Waals surface area (Å²) in [5, 5.41) is 0. The predicted octanol–water partition coefficient (Wildman–Crippen LogP) is -0.471. The Hall–Kier alpha value is -0.610. The molecule has 14 heavy (non-hydrogen) atoms. The van der Waals surface area contributed by atoms with Gasteiger partial charge in [0.2, 0.25) is 5.91 Å². The lowest BCUT2D eigenvalue weighted by atomic mass is 10.0. The van der Waals surface area contributed by atoms with E-state index in [0.717, 1.165) is 13.1 Å². The van der Waals surface area contributed by atoms with Crippen molar-refractivity contribution in [2.75, 3.05) is 13.1 Å². The molecule has 0 bridgehead atoms. The third kappa shape index (κ3) is 1.10. The van der Waals surface area contributed by atoms with Crippen LogP contribution < -0.4 is 11.5 Å². The van der Waals surface area contributed by atoms with Gasteiger partial charge in [-0.25, -0.2) is 0 Å². The zero-order valence-electron chi connectivity index (χ0n) is 9.08. The molecule has 2 aliphatic rings. The molecule has 0 aromatic carbocycles. The van der Waals surface area contributed by atoms with Crippen LogP contribution in [0.2, 0.25) is 0 Å². The summed E-state index contributed by atoms with van der Waals surface area (Å²) in [7, 11) is 0. The van der Waals surface area contributed by atoms with Crippen molar-refractivity contribution in [2.24, 2.45) is 23.3 Å². The van der Waals surface area contributed by atoms with Crippen molar-refractivity contribution in [3.8, 4) is 0 Å². The number of nitrogens with two attached hydrogens (primary N) is 2. The third-order valence-electron chi connectivity index (χ3n) is 3.81. The molecule has 1 heterocycles. The molecular formula is C10H19N3O. The van der Waals surface area contributed by atoms with Crippen molar-refractivity contribution in [1.29, 1.82) is 0 Å². The topological polar surface area (TPSA) is 72.3 Å². The quantitative estimate of drug-likeness (QED) is 0.597. The van der Waals surface area contributed by atoms with Crippen LogP contribution in [-0.2, 0) is 4.79 Å². The number of carbonyl (C=O) groups excluding carboxylic acids is 1. The molecule has 1 amide bonds. The van der Waals surface area contributed by atoms with Crippen LogP contribution in [0.4, 0.5) is 0 Å². The number of amides is 1. The molecule has 0 aromatic rings. The Morgan fingerprint density at radius 1 is 1.36 bits per heavy atom. The van der Waals surface area contributed by atoms with Crippen molar-refractivity contribution >= 4 is 5.91 Å².